The van der Waals surface area contributed by atoms with Crippen molar-refractivity contribution in [3.63, 3.8) is 0 Å². The first-order valence-electron chi connectivity index (χ1n) is 7.03. The van der Waals surface area contributed by atoms with Gasteiger partial charge >= 0.3 is 5.97 Å². The first-order valence-corrected chi connectivity index (χ1v) is 8.68. The van der Waals surface area contributed by atoms with E-state index in [2.05, 4.69) is 10.4 Å². The maximum Gasteiger partial charge on any atom is 0.341 e. The molecule has 1 aromatic carbocycles. The number of hydrogen-bond donors (Lipinski definition) is 0. The van der Waals surface area contributed by atoms with Crippen molar-refractivity contribution in [3.8, 4) is 10.4 Å². The highest BCUT2D eigenvalue weighted by Crippen LogP contribution is 2.32. The van der Waals surface area contributed by atoms with E-state index in [1.165, 1.54) is 16.4 Å². The van der Waals surface area contributed by atoms with Gasteiger partial charge in [0.15, 0.2) is 0 Å². The van der Waals surface area contributed by atoms with Crippen molar-refractivity contribution in [2.75, 3.05) is 6.61 Å². The molecule has 3 rings (SSSR count). The third-order valence-electron chi connectivity index (χ3n) is 3.20. The summed E-state index contributed by atoms with van der Waals surface area (Å²) in [6, 6.07) is 13.9. The number of nitrogens with zero attached hydrogens (tertiary/aromatic N) is 1. The molecule has 0 aliphatic heterocycles. The molecule has 0 spiro atoms. The Bertz CT molecular complexity index is 748. The zero-order valence-electron chi connectivity index (χ0n) is 12.1. The number of thiophene rings is 1. The Labute approximate surface area is 137 Å². The molecule has 0 saturated heterocycles. The van der Waals surface area contributed by atoms with E-state index >= 15 is 0 Å². The molecule has 0 aliphatic rings. The predicted octanol–water partition coefficient (Wildman–Crippen LogP) is 4.64. The molecule has 3 aromatic rings. The van der Waals surface area contributed by atoms with Gasteiger partial charge in [0.2, 0.25) is 0 Å². The normalized spacial score (nSPS) is 10.6. The Kier molecular flexibility index (Phi) is 4.65. The number of rotatable bonds is 5. The lowest BCUT2D eigenvalue weighted by atomic mass is 10.1. The van der Waals surface area contributed by atoms with Crippen LogP contribution in [0, 0.1) is 0 Å². The van der Waals surface area contributed by atoms with Crippen LogP contribution in [0.15, 0.2) is 47.8 Å². The fraction of sp³-hybridized carbons (Fsp3) is 0.176. The molecular formula is C17H15NO2S2. The maximum atomic E-state index is 12.4. The van der Waals surface area contributed by atoms with E-state index in [9.17, 15) is 4.79 Å². The quantitative estimate of drug-likeness (QED) is 0.640. The van der Waals surface area contributed by atoms with Crippen LogP contribution < -0.4 is 0 Å². The average molecular weight is 329 g/mol. The number of carbonyl (C=O) groups excluding carboxylic acids is 1. The van der Waals surface area contributed by atoms with Crippen LogP contribution >= 0.6 is 22.9 Å². The molecule has 0 atom stereocenters. The Hall–Kier alpha value is -1.98. The lowest BCUT2D eigenvalue weighted by Crippen LogP contribution is -2.08. The molecule has 0 amide bonds. The highest BCUT2D eigenvalue weighted by atomic mass is 32.1. The first kappa shape index (κ1) is 14.9. The van der Waals surface area contributed by atoms with Crippen LogP contribution in [0.5, 0.6) is 0 Å². The third-order valence-corrected chi connectivity index (χ3v) is 5.01. The maximum absolute atomic E-state index is 12.4. The van der Waals surface area contributed by atoms with Crippen LogP contribution in [0.25, 0.3) is 10.4 Å². The van der Waals surface area contributed by atoms with Crippen molar-refractivity contribution >= 4 is 28.8 Å². The van der Waals surface area contributed by atoms with Gasteiger partial charge < -0.3 is 4.74 Å². The summed E-state index contributed by atoms with van der Waals surface area (Å²) in [6.45, 7) is 2.18. The summed E-state index contributed by atoms with van der Waals surface area (Å²) in [4.78, 5) is 14.5. The topological polar surface area (TPSA) is 39.2 Å². The van der Waals surface area contributed by atoms with Crippen LogP contribution in [-0.4, -0.2) is 16.9 Å². The number of carbonyl (C=O) groups is 1. The number of ether oxygens (including phenoxy) is 1. The van der Waals surface area contributed by atoms with Gasteiger partial charge in [0.1, 0.15) is 5.56 Å². The summed E-state index contributed by atoms with van der Waals surface area (Å²) >= 11 is 3.03. The van der Waals surface area contributed by atoms with Gasteiger partial charge in [0.25, 0.3) is 0 Å². The molecule has 0 radical (unpaired) electrons. The standard InChI is InChI=1S/C17H15NO2S2/c1-2-20-17(19)15-14(11-13-9-6-10-21-13)18-22-16(15)12-7-4-3-5-8-12/h3-10H,2,11H2,1H3. The van der Waals surface area contributed by atoms with Crippen molar-refractivity contribution in [1.82, 2.24) is 4.37 Å². The molecule has 0 unspecified atom stereocenters. The molecule has 0 saturated carbocycles. The summed E-state index contributed by atoms with van der Waals surface area (Å²) in [5, 5.41) is 2.03. The third kappa shape index (κ3) is 3.10. The van der Waals surface area contributed by atoms with E-state index < -0.39 is 0 Å². The minimum absolute atomic E-state index is 0.290. The van der Waals surface area contributed by atoms with Crippen LogP contribution in [-0.2, 0) is 11.2 Å². The van der Waals surface area contributed by atoms with E-state index in [1.807, 2.05) is 48.7 Å². The number of aromatic nitrogens is 1. The van der Waals surface area contributed by atoms with Crippen LogP contribution in [0.1, 0.15) is 27.9 Å². The fourth-order valence-electron chi connectivity index (χ4n) is 2.22. The van der Waals surface area contributed by atoms with Crippen LogP contribution in [0.3, 0.4) is 0 Å². The summed E-state index contributed by atoms with van der Waals surface area (Å²) in [5.74, 6) is -0.290. The fourth-order valence-corrected chi connectivity index (χ4v) is 3.82. The minimum Gasteiger partial charge on any atom is -0.462 e. The van der Waals surface area contributed by atoms with E-state index in [0.29, 0.717) is 18.6 Å². The van der Waals surface area contributed by atoms with Gasteiger partial charge in [0, 0.05) is 11.3 Å². The van der Waals surface area contributed by atoms with Gasteiger partial charge in [-0.25, -0.2) is 4.79 Å². The zero-order valence-corrected chi connectivity index (χ0v) is 13.7. The molecule has 0 fully saturated rings. The SMILES string of the molecule is CCOC(=O)c1c(Cc2cccs2)nsc1-c1ccccc1. The molecule has 0 bridgehead atoms. The summed E-state index contributed by atoms with van der Waals surface area (Å²) in [7, 11) is 0. The van der Waals surface area contributed by atoms with Crippen molar-refractivity contribution < 1.29 is 9.53 Å². The number of hydrogen-bond acceptors (Lipinski definition) is 5. The number of benzene rings is 1. The largest absolute Gasteiger partial charge is 0.462 e. The molecule has 0 N–H and O–H groups in total. The average Bonchev–Trinajstić information content (AvgIpc) is 3.18. The van der Waals surface area contributed by atoms with Gasteiger partial charge in [-0.3, -0.25) is 0 Å². The van der Waals surface area contributed by atoms with E-state index in [-0.39, 0.29) is 5.97 Å². The van der Waals surface area contributed by atoms with E-state index in [1.54, 1.807) is 11.3 Å². The second kappa shape index (κ2) is 6.85. The zero-order chi connectivity index (χ0) is 15.4. The van der Waals surface area contributed by atoms with Crippen molar-refractivity contribution in [1.29, 1.82) is 0 Å². The smallest absolute Gasteiger partial charge is 0.341 e. The summed E-state index contributed by atoms with van der Waals surface area (Å²) in [6.07, 6.45) is 0.662. The lowest BCUT2D eigenvalue weighted by Gasteiger charge is -2.05. The highest BCUT2D eigenvalue weighted by Gasteiger charge is 2.23. The molecule has 112 valence electrons. The van der Waals surface area contributed by atoms with E-state index in [0.717, 1.165) is 16.1 Å². The van der Waals surface area contributed by atoms with Gasteiger partial charge in [0.05, 0.1) is 17.2 Å². The van der Waals surface area contributed by atoms with Gasteiger partial charge in [-0.2, -0.15) is 4.37 Å². The lowest BCUT2D eigenvalue weighted by molar-refractivity contribution is 0.0526. The summed E-state index contributed by atoms with van der Waals surface area (Å²) < 4.78 is 9.76. The second-order valence-electron chi connectivity index (χ2n) is 4.68. The molecule has 5 heteroatoms. The molecule has 0 aliphatic carbocycles. The summed E-state index contributed by atoms with van der Waals surface area (Å²) in [5.41, 5.74) is 2.40. The van der Waals surface area contributed by atoms with Crippen LogP contribution in [0.4, 0.5) is 0 Å². The Morgan fingerprint density at radius 3 is 2.68 bits per heavy atom. The van der Waals surface area contributed by atoms with Crippen molar-refractivity contribution in [3.05, 3.63) is 64.0 Å². The van der Waals surface area contributed by atoms with Gasteiger partial charge in [-0.15, -0.1) is 11.3 Å². The monoisotopic (exact) mass is 329 g/mol. The van der Waals surface area contributed by atoms with E-state index in [4.69, 9.17) is 4.74 Å². The Balaban J connectivity index is 2.03. The molecule has 22 heavy (non-hydrogen) atoms. The minimum atomic E-state index is -0.290. The molecule has 2 heterocycles. The molecule has 2 aromatic heterocycles. The highest BCUT2D eigenvalue weighted by molar-refractivity contribution is 7.10. The molecule has 3 nitrogen and oxygen atoms in total. The van der Waals surface area contributed by atoms with Crippen LogP contribution in [0.2, 0.25) is 0 Å². The molecular weight excluding hydrogens is 314 g/mol. The Morgan fingerprint density at radius 1 is 1.18 bits per heavy atom. The Morgan fingerprint density at radius 2 is 2.00 bits per heavy atom. The predicted molar refractivity (Wildman–Crippen MR) is 90.6 cm³/mol. The van der Waals surface area contributed by atoms with Gasteiger partial charge in [-0.1, -0.05) is 36.4 Å². The van der Waals surface area contributed by atoms with Crippen molar-refractivity contribution in [2.24, 2.45) is 0 Å². The second-order valence-corrected chi connectivity index (χ2v) is 6.48. The number of esters is 1. The van der Waals surface area contributed by atoms with Gasteiger partial charge in [-0.05, 0) is 35.5 Å². The van der Waals surface area contributed by atoms with Crippen molar-refractivity contribution in [2.45, 2.75) is 13.3 Å². The first-order chi connectivity index (χ1) is 10.8.